The Morgan fingerprint density at radius 3 is 2.75 bits per heavy atom. The van der Waals surface area contributed by atoms with Gasteiger partial charge in [-0.05, 0) is 24.0 Å². The second-order valence-corrected chi connectivity index (χ2v) is 4.73. The lowest BCUT2D eigenvalue weighted by molar-refractivity contribution is 0.222. The lowest BCUT2D eigenvalue weighted by Crippen LogP contribution is -2.44. The van der Waals surface area contributed by atoms with Crippen LogP contribution in [0.2, 0.25) is 0 Å². The number of rotatable bonds is 0. The molecule has 0 aliphatic carbocycles. The first-order valence-electron chi connectivity index (χ1n) is 5.66. The number of nitrogens with zero attached hydrogens (tertiary/aromatic N) is 2. The van der Waals surface area contributed by atoms with E-state index in [1.54, 1.807) is 19.0 Å². The van der Waals surface area contributed by atoms with Crippen molar-refractivity contribution in [2.45, 2.75) is 13.3 Å². The van der Waals surface area contributed by atoms with Crippen molar-refractivity contribution >= 4 is 11.7 Å². The molecule has 1 aromatic carbocycles. The average Bonchev–Trinajstić information content (AvgIpc) is 2.26. The van der Waals surface area contributed by atoms with Crippen molar-refractivity contribution in [3.63, 3.8) is 0 Å². The van der Waals surface area contributed by atoms with Gasteiger partial charge in [-0.2, -0.15) is 0 Å². The molecular weight excluding hydrogens is 200 g/mol. The number of urea groups is 1. The van der Waals surface area contributed by atoms with Gasteiger partial charge < -0.3 is 4.90 Å². The fourth-order valence-electron chi connectivity index (χ4n) is 2.22. The molecule has 3 heteroatoms. The second-order valence-electron chi connectivity index (χ2n) is 4.73. The zero-order valence-corrected chi connectivity index (χ0v) is 10.1. The highest BCUT2D eigenvalue weighted by molar-refractivity contribution is 5.93. The van der Waals surface area contributed by atoms with Crippen LogP contribution < -0.4 is 4.90 Å². The molecule has 0 aromatic heterocycles. The molecule has 1 aliphatic heterocycles. The van der Waals surface area contributed by atoms with Gasteiger partial charge in [0.15, 0.2) is 0 Å². The Labute approximate surface area is 96.7 Å². The first-order valence-corrected chi connectivity index (χ1v) is 5.66. The minimum absolute atomic E-state index is 0.0685. The summed E-state index contributed by atoms with van der Waals surface area (Å²) in [5.41, 5.74) is 2.34. The predicted molar refractivity (Wildman–Crippen MR) is 65.7 cm³/mol. The monoisotopic (exact) mass is 218 g/mol. The molecule has 16 heavy (non-hydrogen) atoms. The highest BCUT2D eigenvalue weighted by Gasteiger charge is 2.26. The van der Waals surface area contributed by atoms with Crippen molar-refractivity contribution in [2.75, 3.05) is 25.5 Å². The van der Waals surface area contributed by atoms with Gasteiger partial charge >= 0.3 is 6.03 Å². The molecule has 3 nitrogen and oxygen atoms in total. The number of carbonyl (C=O) groups is 1. The minimum Gasteiger partial charge on any atom is -0.330 e. The minimum atomic E-state index is 0.0685. The molecule has 1 aromatic rings. The first kappa shape index (κ1) is 11.0. The summed E-state index contributed by atoms with van der Waals surface area (Å²) in [6.07, 6.45) is 1.06. The molecule has 2 amide bonds. The van der Waals surface area contributed by atoms with E-state index in [-0.39, 0.29) is 6.03 Å². The van der Waals surface area contributed by atoms with E-state index in [0.717, 1.165) is 18.7 Å². The van der Waals surface area contributed by atoms with Crippen LogP contribution in [0.5, 0.6) is 0 Å². The smallest absolute Gasteiger partial charge is 0.323 e. The van der Waals surface area contributed by atoms with E-state index in [1.807, 2.05) is 23.1 Å². The van der Waals surface area contributed by atoms with Gasteiger partial charge in [0, 0.05) is 26.3 Å². The van der Waals surface area contributed by atoms with E-state index in [0.29, 0.717) is 5.92 Å². The van der Waals surface area contributed by atoms with Crippen molar-refractivity contribution in [1.82, 2.24) is 4.90 Å². The maximum Gasteiger partial charge on any atom is 0.323 e. The molecule has 0 bridgehead atoms. The number of carbonyl (C=O) groups excluding carboxylic acids is 1. The highest BCUT2D eigenvalue weighted by atomic mass is 16.2. The molecule has 0 spiro atoms. The summed E-state index contributed by atoms with van der Waals surface area (Å²) < 4.78 is 0. The Morgan fingerprint density at radius 1 is 1.38 bits per heavy atom. The van der Waals surface area contributed by atoms with Crippen molar-refractivity contribution in [3.8, 4) is 0 Å². The predicted octanol–water partition coefficient (Wildman–Crippen LogP) is 2.37. The molecule has 0 fully saturated rings. The fraction of sp³-hybridized carbons (Fsp3) is 0.462. The van der Waals surface area contributed by atoms with E-state index in [1.165, 1.54) is 5.56 Å². The van der Waals surface area contributed by atoms with Crippen LogP contribution in [-0.2, 0) is 6.42 Å². The summed E-state index contributed by atoms with van der Waals surface area (Å²) in [7, 11) is 3.59. The molecule has 1 aliphatic rings. The SMILES string of the molecule is CC1Cc2ccccc2N(C(=O)N(C)C)C1. The largest absolute Gasteiger partial charge is 0.330 e. The molecule has 0 saturated heterocycles. The van der Waals surface area contributed by atoms with Crippen LogP contribution in [0, 0.1) is 5.92 Å². The average molecular weight is 218 g/mol. The number of anilines is 1. The van der Waals surface area contributed by atoms with Crippen LogP contribution in [0.4, 0.5) is 10.5 Å². The van der Waals surface area contributed by atoms with Crippen LogP contribution in [0.15, 0.2) is 24.3 Å². The van der Waals surface area contributed by atoms with Gasteiger partial charge in [-0.25, -0.2) is 4.79 Å². The van der Waals surface area contributed by atoms with Crippen molar-refractivity contribution < 1.29 is 4.79 Å². The van der Waals surface area contributed by atoms with Gasteiger partial charge in [0.2, 0.25) is 0 Å². The maximum atomic E-state index is 12.1. The normalized spacial score (nSPS) is 19.2. The van der Waals surface area contributed by atoms with E-state index in [2.05, 4.69) is 13.0 Å². The Balaban J connectivity index is 2.37. The van der Waals surface area contributed by atoms with E-state index < -0.39 is 0 Å². The van der Waals surface area contributed by atoms with Crippen molar-refractivity contribution in [1.29, 1.82) is 0 Å². The molecule has 0 saturated carbocycles. The number of amides is 2. The van der Waals surface area contributed by atoms with Gasteiger partial charge in [0.05, 0.1) is 0 Å². The summed E-state index contributed by atoms with van der Waals surface area (Å²) in [5.74, 6) is 0.527. The summed E-state index contributed by atoms with van der Waals surface area (Å²) in [6.45, 7) is 3.00. The molecule has 1 unspecified atom stereocenters. The molecule has 86 valence electrons. The molecular formula is C13H18N2O. The number of hydrogen-bond donors (Lipinski definition) is 0. The Kier molecular flexibility index (Phi) is 2.86. The summed E-state index contributed by atoms with van der Waals surface area (Å²) in [4.78, 5) is 15.6. The van der Waals surface area contributed by atoms with E-state index in [9.17, 15) is 4.79 Å². The van der Waals surface area contributed by atoms with Crippen LogP contribution >= 0.6 is 0 Å². The number of fused-ring (bicyclic) bond motifs is 1. The third-order valence-corrected chi connectivity index (χ3v) is 2.96. The molecule has 2 rings (SSSR count). The van der Waals surface area contributed by atoms with Crippen molar-refractivity contribution in [3.05, 3.63) is 29.8 Å². The number of para-hydroxylation sites is 1. The van der Waals surface area contributed by atoms with Gasteiger partial charge in [0.1, 0.15) is 0 Å². The van der Waals surface area contributed by atoms with E-state index in [4.69, 9.17) is 0 Å². The van der Waals surface area contributed by atoms with Gasteiger partial charge in [-0.15, -0.1) is 0 Å². The van der Waals surface area contributed by atoms with Gasteiger partial charge in [0.25, 0.3) is 0 Å². The van der Waals surface area contributed by atoms with Gasteiger partial charge in [-0.3, -0.25) is 4.90 Å². The second kappa shape index (κ2) is 4.16. The molecule has 0 N–H and O–H groups in total. The Morgan fingerprint density at radius 2 is 2.06 bits per heavy atom. The van der Waals surface area contributed by atoms with Crippen LogP contribution in [0.1, 0.15) is 12.5 Å². The lowest BCUT2D eigenvalue weighted by Gasteiger charge is -2.34. The maximum absolute atomic E-state index is 12.1. The van der Waals surface area contributed by atoms with Crippen LogP contribution in [-0.4, -0.2) is 31.6 Å². The quantitative estimate of drug-likeness (QED) is 0.655. The summed E-state index contributed by atoms with van der Waals surface area (Å²) in [5, 5.41) is 0. The first-order chi connectivity index (χ1) is 7.59. The molecule has 1 heterocycles. The van der Waals surface area contributed by atoms with Crippen LogP contribution in [0.25, 0.3) is 0 Å². The fourth-order valence-corrected chi connectivity index (χ4v) is 2.22. The summed E-state index contributed by atoms with van der Waals surface area (Å²) in [6, 6.07) is 8.24. The standard InChI is InChI=1S/C13H18N2O/c1-10-8-11-6-4-5-7-12(11)15(9-10)13(16)14(2)3/h4-7,10H,8-9H2,1-3H3. The third kappa shape index (κ3) is 1.90. The lowest BCUT2D eigenvalue weighted by atomic mass is 9.94. The van der Waals surface area contributed by atoms with E-state index >= 15 is 0 Å². The Bertz CT molecular complexity index is 401. The Hall–Kier alpha value is -1.51. The van der Waals surface area contributed by atoms with Crippen LogP contribution in [0.3, 0.4) is 0 Å². The zero-order valence-electron chi connectivity index (χ0n) is 10.1. The topological polar surface area (TPSA) is 23.6 Å². The van der Waals surface area contributed by atoms with Gasteiger partial charge in [-0.1, -0.05) is 25.1 Å². The zero-order chi connectivity index (χ0) is 11.7. The third-order valence-electron chi connectivity index (χ3n) is 2.96. The summed E-state index contributed by atoms with van der Waals surface area (Å²) >= 11 is 0. The molecule has 1 atom stereocenters. The highest BCUT2D eigenvalue weighted by Crippen LogP contribution is 2.29. The number of benzene rings is 1. The number of hydrogen-bond acceptors (Lipinski definition) is 1. The molecule has 0 radical (unpaired) electrons. The van der Waals surface area contributed by atoms with Crippen molar-refractivity contribution in [2.24, 2.45) is 5.92 Å².